The summed E-state index contributed by atoms with van der Waals surface area (Å²) >= 11 is 0. The first-order valence-corrected chi connectivity index (χ1v) is 9.51. The van der Waals surface area contributed by atoms with Crippen LogP contribution in [0, 0.1) is 17.2 Å². The van der Waals surface area contributed by atoms with Crippen LogP contribution in [-0.2, 0) is 11.0 Å². The predicted octanol–water partition coefficient (Wildman–Crippen LogP) is 3.88. The van der Waals surface area contributed by atoms with Crippen molar-refractivity contribution in [1.29, 1.82) is 5.26 Å². The minimum Gasteiger partial charge on any atom is -0.325 e. The monoisotopic (exact) mass is 431 g/mol. The van der Waals surface area contributed by atoms with Gasteiger partial charge in [-0.2, -0.15) is 18.4 Å². The summed E-state index contributed by atoms with van der Waals surface area (Å²) in [5.41, 5.74) is -0.161. The lowest BCUT2D eigenvalue weighted by Crippen LogP contribution is -2.42. The Labute approximate surface area is 177 Å². The number of nitrogens with one attached hydrogen (secondary N) is 1. The third kappa shape index (κ3) is 4.94. The van der Waals surface area contributed by atoms with Crippen molar-refractivity contribution in [2.45, 2.75) is 26.1 Å². The van der Waals surface area contributed by atoms with E-state index < -0.39 is 23.7 Å². The summed E-state index contributed by atoms with van der Waals surface area (Å²) in [7, 11) is 0. The molecule has 3 rings (SSSR count). The maximum atomic E-state index is 13.0. The first kappa shape index (κ1) is 22.1. The number of urea groups is 1. The highest BCUT2D eigenvalue weighted by Gasteiger charge is 2.40. The average molecular weight is 431 g/mol. The van der Waals surface area contributed by atoms with Gasteiger partial charge >= 0.3 is 12.2 Å². The normalized spacial score (nSPS) is 16.5. The summed E-state index contributed by atoms with van der Waals surface area (Å²) < 4.78 is 38.6. The fourth-order valence-electron chi connectivity index (χ4n) is 3.37. The van der Waals surface area contributed by atoms with Crippen LogP contribution in [0.2, 0.25) is 0 Å². The summed E-state index contributed by atoms with van der Waals surface area (Å²) in [5, 5.41) is 11.3. The molecule has 10 heteroatoms. The summed E-state index contributed by atoms with van der Waals surface area (Å²) in [6, 6.07) is 8.63. The van der Waals surface area contributed by atoms with Crippen LogP contribution >= 0.6 is 0 Å². The lowest BCUT2D eigenvalue weighted by atomic mass is 10.0. The highest BCUT2D eigenvalue weighted by molar-refractivity contribution is 5.99. The molecular formula is C21H20F3N5O2. The molecule has 1 fully saturated rings. The molecule has 1 aromatic heterocycles. The number of pyridine rings is 1. The van der Waals surface area contributed by atoms with Crippen LogP contribution < -0.4 is 10.2 Å². The number of anilines is 2. The Hall–Kier alpha value is -3.61. The number of hydrogen-bond donors (Lipinski definition) is 1. The van der Waals surface area contributed by atoms with E-state index in [0.29, 0.717) is 12.2 Å². The van der Waals surface area contributed by atoms with Crippen LogP contribution in [0.1, 0.15) is 25.1 Å². The molecule has 31 heavy (non-hydrogen) atoms. The molecule has 1 aliphatic heterocycles. The van der Waals surface area contributed by atoms with Gasteiger partial charge < -0.3 is 10.2 Å². The zero-order chi connectivity index (χ0) is 22.8. The van der Waals surface area contributed by atoms with Crippen molar-refractivity contribution in [2.75, 3.05) is 23.3 Å². The summed E-state index contributed by atoms with van der Waals surface area (Å²) in [6.07, 6.45) is -3.11. The number of aromatic nitrogens is 1. The summed E-state index contributed by atoms with van der Waals surface area (Å²) in [6.45, 7) is 3.84. The SMILES string of the molecule is CC(C)[C@H]1CN(c2ccc(C#N)nc2)C(=O)N1CC(=O)Nc1cccc(C(F)(F)F)c1. The summed E-state index contributed by atoms with van der Waals surface area (Å²) in [5.74, 6) is -0.570. The smallest absolute Gasteiger partial charge is 0.325 e. The molecule has 1 atom stereocenters. The minimum absolute atomic E-state index is 0.000663. The fourth-order valence-corrected chi connectivity index (χ4v) is 3.37. The molecule has 1 saturated heterocycles. The first-order valence-electron chi connectivity index (χ1n) is 9.51. The van der Waals surface area contributed by atoms with Gasteiger partial charge in [-0.15, -0.1) is 0 Å². The van der Waals surface area contributed by atoms with E-state index in [2.05, 4.69) is 10.3 Å². The number of nitriles is 1. The van der Waals surface area contributed by atoms with Crippen molar-refractivity contribution in [3.63, 3.8) is 0 Å². The highest BCUT2D eigenvalue weighted by Crippen LogP contribution is 2.31. The largest absolute Gasteiger partial charge is 0.416 e. The Bertz CT molecular complexity index is 1010. The topological polar surface area (TPSA) is 89.3 Å². The Morgan fingerprint density at radius 3 is 2.65 bits per heavy atom. The van der Waals surface area contributed by atoms with Gasteiger partial charge in [0, 0.05) is 12.2 Å². The number of carbonyl (C=O) groups is 2. The number of alkyl halides is 3. The Morgan fingerprint density at radius 2 is 2.06 bits per heavy atom. The van der Waals surface area contributed by atoms with Gasteiger partial charge in [-0.1, -0.05) is 19.9 Å². The molecule has 2 aromatic rings. The predicted molar refractivity (Wildman–Crippen MR) is 107 cm³/mol. The number of nitrogens with zero attached hydrogens (tertiary/aromatic N) is 4. The molecule has 1 aliphatic rings. The average Bonchev–Trinajstić information content (AvgIpc) is 3.04. The molecule has 0 bridgehead atoms. The second-order valence-corrected chi connectivity index (χ2v) is 7.47. The molecular weight excluding hydrogens is 411 g/mol. The number of halogens is 3. The maximum absolute atomic E-state index is 13.0. The number of carbonyl (C=O) groups excluding carboxylic acids is 2. The third-order valence-electron chi connectivity index (χ3n) is 4.98. The fraction of sp³-hybridized carbons (Fsp3) is 0.333. The van der Waals surface area contributed by atoms with Gasteiger partial charge in [0.1, 0.15) is 18.3 Å². The zero-order valence-electron chi connectivity index (χ0n) is 16.8. The number of rotatable bonds is 5. The molecule has 0 aliphatic carbocycles. The Morgan fingerprint density at radius 1 is 1.32 bits per heavy atom. The van der Waals surface area contributed by atoms with E-state index in [1.54, 1.807) is 6.07 Å². The van der Waals surface area contributed by atoms with Crippen molar-refractivity contribution in [3.8, 4) is 6.07 Å². The van der Waals surface area contributed by atoms with Crippen LogP contribution in [0.25, 0.3) is 0 Å². The van der Waals surface area contributed by atoms with E-state index >= 15 is 0 Å². The van der Waals surface area contributed by atoms with Gasteiger partial charge in [0.2, 0.25) is 5.91 Å². The van der Waals surface area contributed by atoms with Gasteiger partial charge in [0.25, 0.3) is 0 Å². The molecule has 7 nitrogen and oxygen atoms in total. The maximum Gasteiger partial charge on any atom is 0.416 e. The van der Waals surface area contributed by atoms with E-state index in [4.69, 9.17) is 5.26 Å². The van der Waals surface area contributed by atoms with Gasteiger partial charge in [-0.3, -0.25) is 9.69 Å². The van der Waals surface area contributed by atoms with Crippen LogP contribution in [0.5, 0.6) is 0 Å². The van der Waals surface area contributed by atoms with Crippen molar-refractivity contribution in [3.05, 3.63) is 53.9 Å². The second-order valence-electron chi connectivity index (χ2n) is 7.47. The van der Waals surface area contributed by atoms with E-state index in [1.807, 2.05) is 19.9 Å². The highest BCUT2D eigenvalue weighted by atomic mass is 19.4. The number of hydrogen-bond acceptors (Lipinski definition) is 4. The van der Waals surface area contributed by atoms with Crippen LogP contribution in [0.15, 0.2) is 42.6 Å². The van der Waals surface area contributed by atoms with Gasteiger partial charge in [0.05, 0.1) is 23.5 Å². The van der Waals surface area contributed by atoms with Crippen molar-refractivity contribution in [1.82, 2.24) is 9.88 Å². The second kappa shape index (κ2) is 8.63. The standard InChI is InChI=1S/C21H20F3N5O2/c1-13(2)18-11-28(17-7-6-16(9-25)26-10-17)20(31)29(18)12-19(30)27-15-5-3-4-14(8-15)21(22,23)24/h3-8,10,13,18H,11-12H2,1-2H3,(H,27,30)/t18-/m1/s1. The van der Waals surface area contributed by atoms with Gasteiger partial charge in [-0.25, -0.2) is 9.78 Å². The molecule has 0 radical (unpaired) electrons. The Kier molecular flexibility index (Phi) is 6.15. The zero-order valence-corrected chi connectivity index (χ0v) is 16.8. The number of benzene rings is 1. The molecule has 2 heterocycles. The van der Waals surface area contributed by atoms with Gasteiger partial charge in [0.15, 0.2) is 0 Å². The minimum atomic E-state index is -4.52. The lowest BCUT2D eigenvalue weighted by Gasteiger charge is -2.25. The van der Waals surface area contributed by atoms with Crippen LogP contribution in [0.4, 0.5) is 29.3 Å². The van der Waals surface area contributed by atoms with E-state index in [1.165, 1.54) is 34.2 Å². The molecule has 1 aromatic carbocycles. The molecule has 0 unspecified atom stereocenters. The van der Waals surface area contributed by atoms with Crippen molar-refractivity contribution in [2.24, 2.45) is 5.92 Å². The summed E-state index contributed by atoms with van der Waals surface area (Å²) in [4.78, 5) is 32.3. The van der Waals surface area contributed by atoms with E-state index in [0.717, 1.165) is 12.1 Å². The molecule has 0 spiro atoms. The first-order chi connectivity index (χ1) is 14.6. The molecule has 162 valence electrons. The van der Waals surface area contributed by atoms with E-state index in [9.17, 15) is 22.8 Å². The lowest BCUT2D eigenvalue weighted by molar-refractivity contribution is -0.137. The molecule has 0 saturated carbocycles. The Balaban J connectivity index is 1.75. The van der Waals surface area contributed by atoms with Crippen LogP contribution in [0.3, 0.4) is 0 Å². The number of amides is 3. The van der Waals surface area contributed by atoms with E-state index in [-0.39, 0.29) is 29.9 Å². The van der Waals surface area contributed by atoms with Gasteiger partial charge in [-0.05, 0) is 36.2 Å². The molecule has 1 N–H and O–H groups in total. The third-order valence-corrected chi connectivity index (χ3v) is 4.98. The van der Waals surface area contributed by atoms with Crippen molar-refractivity contribution >= 4 is 23.3 Å². The van der Waals surface area contributed by atoms with Crippen molar-refractivity contribution < 1.29 is 22.8 Å². The quantitative estimate of drug-likeness (QED) is 0.778. The molecule has 3 amide bonds. The van der Waals surface area contributed by atoms with Crippen LogP contribution in [-0.4, -0.2) is 41.0 Å².